The molecule has 0 bridgehead atoms. The molecule has 2 aliphatic heterocycles. The van der Waals surface area contributed by atoms with Gasteiger partial charge in [-0.15, -0.1) is 0 Å². The van der Waals surface area contributed by atoms with Gasteiger partial charge >= 0.3 is 18.0 Å². The lowest BCUT2D eigenvalue weighted by Gasteiger charge is -2.46. The Hall–Kier alpha value is -4.44. The maximum absolute atomic E-state index is 13.4. The van der Waals surface area contributed by atoms with Crippen LogP contribution in [0.2, 0.25) is 0 Å². The lowest BCUT2D eigenvalue weighted by Crippen LogP contribution is -2.62. The summed E-state index contributed by atoms with van der Waals surface area (Å²) in [5.74, 6) is -1.26. The molecule has 2 amide bonds. The van der Waals surface area contributed by atoms with E-state index in [4.69, 9.17) is 9.47 Å². The van der Waals surface area contributed by atoms with Crippen molar-refractivity contribution in [2.45, 2.75) is 31.5 Å². The zero-order valence-electron chi connectivity index (χ0n) is 24.4. The maximum atomic E-state index is 13.4. The van der Waals surface area contributed by atoms with Crippen molar-refractivity contribution in [3.05, 3.63) is 90.2 Å². The number of likely N-dealkylation sites (tertiary alicyclic amines) is 1. The van der Waals surface area contributed by atoms with Crippen molar-refractivity contribution in [3.63, 3.8) is 0 Å². The van der Waals surface area contributed by atoms with Gasteiger partial charge in [0.15, 0.2) is 0 Å². The fourth-order valence-corrected chi connectivity index (χ4v) is 5.73. The topological polar surface area (TPSA) is 91.4 Å². The number of anilines is 1. The second-order valence-electron chi connectivity index (χ2n) is 10.9. The first-order valence-corrected chi connectivity index (χ1v) is 14.6. The van der Waals surface area contributed by atoms with Gasteiger partial charge in [-0.2, -0.15) is 0 Å². The van der Waals surface area contributed by atoms with Gasteiger partial charge in [0.05, 0.1) is 25.3 Å². The van der Waals surface area contributed by atoms with Crippen LogP contribution in [0.25, 0.3) is 11.1 Å². The SMILES string of the molecule is COC(=O)C(C)NC(=O)N1CC[C@@H](N2CCN(c3ccc(F)cc3)CC2)[C@H](OC(=O)c2ccc(-c3ccccc3)cc2)C1. The van der Waals surface area contributed by atoms with Crippen molar-refractivity contribution < 1.29 is 28.2 Å². The fraction of sp³-hybridized carbons (Fsp3) is 0.364. The molecule has 3 aromatic carbocycles. The van der Waals surface area contributed by atoms with Crippen LogP contribution in [0.4, 0.5) is 14.9 Å². The zero-order valence-corrected chi connectivity index (χ0v) is 24.4. The second kappa shape index (κ2) is 13.7. The molecule has 0 radical (unpaired) electrons. The van der Waals surface area contributed by atoms with Gasteiger partial charge in [-0.25, -0.2) is 18.8 Å². The third-order valence-corrected chi connectivity index (χ3v) is 8.17. The third-order valence-electron chi connectivity index (χ3n) is 8.17. The maximum Gasteiger partial charge on any atom is 0.338 e. The summed E-state index contributed by atoms with van der Waals surface area (Å²) >= 11 is 0. The number of ether oxygens (including phenoxy) is 2. The smallest absolute Gasteiger partial charge is 0.338 e. The van der Waals surface area contributed by atoms with Crippen LogP contribution in [-0.2, 0) is 14.3 Å². The first-order valence-electron chi connectivity index (χ1n) is 14.6. The van der Waals surface area contributed by atoms with E-state index in [1.807, 2.05) is 42.5 Å². The highest BCUT2D eigenvalue weighted by molar-refractivity contribution is 5.90. The molecule has 43 heavy (non-hydrogen) atoms. The van der Waals surface area contributed by atoms with Crippen molar-refractivity contribution in [1.82, 2.24) is 15.1 Å². The van der Waals surface area contributed by atoms with Crippen LogP contribution in [0.5, 0.6) is 0 Å². The molecule has 2 aliphatic rings. The van der Waals surface area contributed by atoms with Gasteiger partial charge < -0.3 is 24.6 Å². The van der Waals surface area contributed by atoms with Crippen molar-refractivity contribution in [2.24, 2.45) is 0 Å². The largest absolute Gasteiger partial charge is 0.467 e. The van der Waals surface area contributed by atoms with Crippen molar-refractivity contribution in [3.8, 4) is 11.1 Å². The molecule has 10 heteroatoms. The Morgan fingerprint density at radius 1 is 0.860 bits per heavy atom. The van der Waals surface area contributed by atoms with Crippen molar-refractivity contribution in [2.75, 3.05) is 51.3 Å². The number of carbonyl (C=O) groups excluding carboxylic acids is 3. The molecule has 0 aromatic heterocycles. The quantitative estimate of drug-likeness (QED) is 0.414. The lowest BCUT2D eigenvalue weighted by molar-refractivity contribution is -0.142. The Balaban J connectivity index is 1.28. The molecule has 3 aromatic rings. The number of carbonyl (C=O) groups is 3. The van der Waals surface area contributed by atoms with E-state index in [2.05, 4.69) is 15.1 Å². The minimum atomic E-state index is -0.807. The summed E-state index contributed by atoms with van der Waals surface area (Å²) in [6.07, 6.45) is 0.0215. The van der Waals surface area contributed by atoms with E-state index >= 15 is 0 Å². The second-order valence-corrected chi connectivity index (χ2v) is 10.9. The number of halogens is 1. The normalized spacial score (nSPS) is 19.8. The lowest BCUT2D eigenvalue weighted by atomic mass is 9.98. The van der Waals surface area contributed by atoms with Crippen LogP contribution < -0.4 is 10.2 Å². The van der Waals surface area contributed by atoms with Crippen LogP contribution in [-0.4, -0.2) is 92.3 Å². The van der Waals surface area contributed by atoms with Gasteiger partial charge in [0.1, 0.15) is 18.0 Å². The number of nitrogens with zero attached hydrogens (tertiary/aromatic N) is 3. The van der Waals surface area contributed by atoms with E-state index in [1.54, 1.807) is 36.1 Å². The number of urea groups is 1. The van der Waals surface area contributed by atoms with Crippen LogP contribution in [0, 0.1) is 5.82 Å². The molecule has 3 atom stereocenters. The highest BCUT2D eigenvalue weighted by Gasteiger charge is 2.39. The number of hydrogen-bond acceptors (Lipinski definition) is 7. The average Bonchev–Trinajstić information content (AvgIpc) is 3.05. The number of amides is 2. The number of methoxy groups -OCH3 is 1. The molecule has 0 spiro atoms. The van der Waals surface area contributed by atoms with Gasteiger partial charge in [0.2, 0.25) is 0 Å². The van der Waals surface area contributed by atoms with Gasteiger partial charge in [-0.1, -0.05) is 42.5 Å². The molecule has 1 unspecified atom stereocenters. The Bertz CT molecular complexity index is 1400. The van der Waals surface area contributed by atoms with Crippen molar-refractivity contribution in [1.29, 1.82) is 0 Å². The summed E-state index contributed by atoms with van der Waals surface area (Å²) in [6, 6.07) is 22.4. The standard InChI is InChI=1S/C33H37FN4O5/c1-23(31(39)42-2)35-33(41)38-17-16-29(37-20-18-36(19-21-37)28-14-12-27(34)13-15-28)30(22-38)43-32(40)26-10-8-25(9-11-26)24-6-4-3-5-7-24/h3-15,23,29-30H,16-22H2,1-2H3,(H,35,41)/t23?,29-,30-/m1/s1. The number of nitrogens with one attached hydrogen (secondary N) is 1. The van der Waals surface area contributed by atoms with Gasteiger partial charge in [-0.3, -0.25) is 4.90 Å². The van der Waals surface area contributed by atoms with Gasteiger partial charge in [0.25, 0.3) is 0 Å². The van der Waals surface area contributed by atoms with E-state index in [0.29, 0.717) is 18.5 Å². The third kappa shape index (κ3) is 7.32. The number of esters is 2. The van der Waals surface area contributed by atoms with Crippen LogP contribution in [0.1, 0.15) is 23.7 Å². The molecule has 9 nitrogen and oxygen atoms in total. The summed E-state index contributed by atoms with van der Waals surface area (Å²) in [6.45, 7) is 5.14. The predicted molar refractivity (Wildman–Crippen MR) is 161 cm³/mol. The minimum Gasteiger partial charge on any atom is -0.467 e. The molecule has 2 saturated heterocycles. The highest BCUT2D eigenvalue weighted by Crippen LogP contribution is 2.26. The van der Waals surface area contributed by atoms with Crippen molar-refractivity contribution >= 4 is 23.7 Å². The van der Waals surface area contributed by atoms with E-state index in [1.165, 1.54) is 19.2 Å². The average molecular weight is 589 g/mol. The minimum absolute atomic E-state index is 0.0926. The van der Waals surface area contributed by atoms with Crippen LogP contribution in [0.15, 0.2) is 78.9 Å². The number of piperazine rings is 1. The molecular formula is C33H37FN4O5. The number of piperidine rings is 1. The summed E-state index contributed by atoms with van der Waals surface area (Å²) in [5, 5.41) is 2.67. The van der Waals surface area contributed by atoms with Gasteiger partial charge in [0, 0.05) is 38.4 Å². The molecule has 5 rings (SSSR count). The molecule has 2 heterocycles. The molecule has 2 fully saturated rings. The molecule has 0 saturated carbocycles. The summed E-state index contributed by atoms with van der Waals surface area (Å²) < 4.78 is 24.3. The number of hydrogen-bond donors (Lipinski definition) is 1. The number of rotatable bonds is 7. The van der Waals surface area contributed by atoms with E-state index in [0.717, 1.165) is 43.0 Å². The monoisotopic (exact) mass is 588 g/mol. The Morgan fingerprint density at radius 3 is 2.16 bits per heavy atom. The van der Waals surface area contributed by atoms with E-state index < -0.39 is 30.1 Å². The molecule has 226 valence electrons. The van der Waals surface area contributed by atoms with Crippen LogP contribution >= 0.6 is 0 Å². The summed E-state index contributed by atoms with van der Waals surface area (Å²) in [5.41, 5.74) is 3.45. The highest BCUT2D eigenvalue weighted by atomic mass is 19.1. The first-order chi connectivity index (χ1) is 20.8. The first kappa shape index (κ1) is 30.0. The Morgan fingerprint density at radius 2 is 1.51 bits per heavy atom. The Kier molecular flexibility index (Phi) is 9.56. The van der Waals surface area contributed by atoms with E-state index in [9.17, 15) is 18.8 Å². The fourth-order valence-electron chi connectivity index (χ4n) is 5.73. The van der Waals surface area contributed by atoms with Crippen LogP contribution in [0.3, 0.4) is 0 Å². The summed E-state index contributed by atoms with van der Waals surface area (Å²) in [7, 11) is 1.27. The summed E-state index contributed by atoms with van der Waals surface area (Å²) in [4.78, 5) is 44.4. The number of benzene rings is 3. The molecule has 0 aliphatic carbocycles. The van der Waals surface area contributed by atoms with E-state index in [-0.39, 0.29) is 18.4 Å². The molecule has 1 N–H and O–H groups in total. The Labute approximate surface area is 251 Å². The predicted octanol–water partition coefficient (Wildman–Crippen LogP) is 4.19. The van der Waals surface area contributed by atoms with Gasteiger partial charge in [-0.05, 0) is 60.9 Å². The molecular weight excluding hydrogens is 551 g/mol. The zero-order chi connectivity index (χ0) is 30.3.